The van der Waals surface area contributed by atoms with E-state index in [-0.39, 0.29) is 11.0 Å². The van der Waals surface area contributed by atoms with Crippen LogP contribution in [0.3, 0.4) is 0 Å². The van der Waals surface area contributed by atoms with Gasteiger partial charge in [0.1, 0.15) is 11.0 Å². The summed E-state index contributed by atoms with van der Waals surface area (Å²) in [4.78, 5) is 12.8. The Morgan fingerprint density at radius 2 is 2.00 bits per heavy atom. The third-order valence-corrected chi connectivity index (χ3v) is 7.91. The van der Waals surface area contributed by atoms with Gasteiger partial charge in [0.25, 0.3) is 0 Å². The van der Waals surface area contributed by atoms with Crippen molar-refractivity contribution in [2.45, 2.75) is 56.6 Å². The number of anilines is 1. The first-order chi connectivity index (χ1) is 13.3. The van der Waals surface area contributed by atoms with Crippen molar-refractivity contribution in [1.29, 1.82) is 0 Å². The number of benzene rings is 1. The normalized spacial score (nSPS) is 21.0. The van der Waals surface area contributed by atoms with Crippen molar-refractivity contribution >= 4 is 37.6 Å². The maximum atomic E-state index is 13.0. The molecule has 1 aromatic heterocycles. The molecule has 8 nitrogen and oxygen atoms in total. The highest BCUT2D eigenvalue weighted by Crippen LogP contribution is 2.45. The highest BCUT2D eigenvalue weighted by atomic mass is 79.9. The van der Waals surface area contributed by atoms with Crippen molar-refractivity contribution in [1.82, 2.24) is 9.78 Å². The first-order valence-electron chi connectivity index (χ1n) is 9.28. The van der Waals surface area contributed by atoms with Crippen LogP contribution in [0.25, 0.3) is 0 Å². The Morgan fingerprint density at radius 1 is 1.32 bits per heavy atom. The number of rotatable bonds is 2. The molecule has 1 unspecified atom stereocenters. The Morgan fingerprint density at radius 3 is 2.75 bits per heavy atom. The number of halogens is 1. The van der Waals surface area contributed by atoms with Crippen LogP contribution in [0, 0.1) is 0 Å². The summed E-state index contributed by atoms with van der Waals surface area (Å²) in [6.07, 6.45) is 6.15. The number of aromatic nitrogens is 2. The Bertz CT molecular complexity index is 1150. The molecule has 0 spiro atoms. The van der Waals surface area contributed by atoms with Crippen molar-refractivity contribution in [3.8, 4) is 5.88 Å². The molecule has 0 radical (unpaired) electrons. The van der Waals surface area contributed by atoms with Crippen molar-refractivity contribution in [2.75, 3.05) is 5.32 Å². The number of hydrogen-bond donors (Lipinski definition) is 2. The number of ether oxygens (including phenoxy) is 1. The smallest absolute Gasteiger partial charge is 0.354 e. The fourth-order valence-electron chi connectivity index (χ4n) is 4.25. The molecule has 2 aliphatic carbocycles. The second kappa shape index (κ2) is 6.30. The summed E-state index contributed by atoms with van der Waals surface area (Å²) >= 11 is 3.72. The van der Waals surface area contributed by atoms with E-state index < -0.39 is 15.9 Å². The lowest BCUT2D eigenvalue weighted by atomic mass is 9.83. The SMILES string of the molecule is C[C@@H]1Cn2ncc(S(N)(=O)=NC(=O)Nc3c4c(c(Br)c5c3CC5)CCC4)c2O1. The predicted octanol–water partition coefficient (Wildman–Crippen LogP) is 2.95. The molecule has 2 amide bonds. The minimum atomic E-state index is -3.47. The standard InChI is InChI=1S/C18H20BrN5O3S/c1-9-8-24-17(27-9)14(7-21-24)28(20,26)23-18(25)22-16-12-4-2-3-10(12)15(19)11-5-6-13(11)16/h7,9H,2-6,8H2,1H3,(H3,20,22,23,25,26)/t9-,28?/m1/s1. The van der Waals surface area contributed by atoms with E-state index in [0.717, 1.165) is 48.9 Å². The zero-order chi connectivity index (χ0) is 19.6. The van der Waals surface area contributed by atoms with Crippen molar-refractivity contribution in [3.63, 3.8) is 0 Å². The predicted molar refractivity (Wildman–Crippen MR) is 108 cm³/mol. The lowest BCUT2D eigenvalue weighted by Gasteiger charge is -2.27. The molecule has 2 heterocycles. The van der Waals surface area contributed by atoms with Gasteiger partial charge < -0.3 is 10.1 Å². The molecule has 1 aromatic carbocycles. The van der Waals surface area contributed by atoms with E-state index in [1.165, 1.54) is 21.8 Å². The van der Waals surface area contributed by atoms with E-state index in [9.17, 15) is 9.00 Å². The number of nitrogens with zero attached hydrogens (tertiary/aromatic N) is 3. The summed E-state index contributed by atoms with van der Waals surface area (Å²) in [5.41, 5.74) is 5.63. The first-order valence-corrected chi connectivity index (χ1v) is 11.7. The van der Waals surface area contributed by atoms with Crippen LogP contribution in [0.5, 0.6) is 5.88 Å². The Labute approximate surface area is 171 Å². The van der Waals surface area contributed by atoms with Gasteiger partial charge in [-0.3, -0.25) is 0 Å². The molecule has 0 saturated heterocycles. The highest BCUT2D eigenvalue weighted by molar-refractivity contribution is 9.10. The molecule has 5 rings (SSSR count). The molecule has 0 bridgehead atoms. The van der Waals surface area contributed by atoms with Crippen LogP contribution in [-0.2, 0) is 42.1 Å². The van der Waals surface area contributed by atoms with Crippen molar-refractivity contribution < 1.29 is 13.7 Å². The molecule has 1 aliphatic heterocycles. The maximum Gasteiger partial charge on any atom is 0.354 e. The van der Waals surface area contributed by atoms with Crippen molar-refractivity contribution in [2.24, 2.45) is 9.50 Å². The number of nitrogens with two attached hydrogens (primary N) is 1. The van der Waals surface area contributed by atoms with Gasteiger partial charge in [-0.2, -0.15) is 5.10 Å². The van der Waals surface area contributed by atoms with Gasteiger partial charge in [-0.1, -0.05) is 15.9 Å². The van der Waals surface area contributed by atoms with Crippen LogP contribution >= 0.6 is 15.9 Å². The highest BCUT2D eigenvalue weighted by Gasteiger charge is 2.31. The average Bonchev–Trinajstić information content (AvgIpc) is 3.25. The van der Waals surface area contributed by atoms with Gasteiger partial charge in [0.2, 0.25) is 5.88 Å². The molecule has 28 heavy (non-hydrogen) atoms. The fourth-order valence-corrected chi connectivity index (χ4v) is 6.12. The van der Waals surface area contributed by atoms with Gasteiger partial charge in [0, 0.05) is 10.2 Å². The molecule has 2 atom stereocenters. The summed E-state index contributed by atoms with van der Waals surface area (Å²) < 4.78 is 25.2. The summed E-state index contributed by atoms with van der Waals surface area (Å²) in [5.74, 6) is 0.324. The van der Waals surface area contributed by atoms with E-state index in [1.54, 1.807) is 4.68 Å². The minimum Gasteiger partial charge on any atom is -0.472 e. The maximum absolute atomic E-state index is 13.0. The number of urea groups is 1. The van der Waals surface area contributed by atoms with Gasteiger partial charge in [0.15, 0.2) is 9.92 Å². The molecule has 3 aliphatic rings. The second-order valence-corrected chi connectivity index (χ2v) is 10.0. The fraction of sp³-hybridized carbons (Fsp3) is 0.444. The Hall–Kier alpha value is -1.91. The molecule has 0 saturated carbocycles. The monoisotopic (exact) mass is 465 g/mol. The van der Waals surface area contributed by atoms with Crippen LogP contribution in [0.1, 0.15) is 35.6 Å². The molecule has 0 fully saturated rings. The minimum absolute atomic E-state index is 0.0873. The molecule has 10 heteroatoms. The van der Waals surface area contributed by atoms with Gasteiger partial charge >= 0.3 is 6.03 Å². The number of nitrogens with one attached hydrogen (secondary N) is 1. The van der Waals surface area contributed by atoms with Crippen LogP contribution in [-0.4, -0.2) is 26.1 Å². The molecular weight excluding hydrogens is 446 g/mol. The summed E-state index contributed by atoms with van der Waals surface area (Å²) in [6, 6.07) is -0.705. The lowest BCUT2D eigenvalue weighted by Crippen LogP contribution is -2.22. The van der Waals surface area contributed by atoms with E-state index in [2.05, 4.69) is 30.7 Å². The third kappa shape index (κ3) is 2.69. The second-order valence-electron chi connectivity index (χ2n) is 7.47. The van der Waals surface area contributed by atoms with Gasteiger partial charge in [0.05, 0.1) is 12.7 Å². The van der Waals surface area contributed by atoms with Crippen LogP contribution < -0.4 is 15.2 Å². The largest absolute Gasteiger partial charge is 0.472 e. The number of amides is 2. The number of carbonyl (C=O) groups excluding carboxylic acids is 1. The van der Waals surface area contributed by atoms with E-state index in [4.69, 9.17) is 9.88 Å². The average molecular weight is 466 g/mol. The van der Waals surface area contributed by atoms with Gasteiger partial charge in [-0.15, -0.1) is 4.36 Å². The first kappa shape index (κ1) is 18.1. The third-order valence-electron chi connectivity index (χ3n) is 5.61. The summed E-state index contributed by atoms with van der Waals surface area (Å²) in [5, 5.41) is 12.9. The van der Waals surface area contributed by atoms with E-state index in [1.807, 2.05) is 6.92 Å². The molecule has 3 N–H and O–H groups in total. The Balaban J connectivity index is 1.49. The Kier molecular flexibility index (Phi) is 4.08. The van der Waals surface area contributed by atoms with Gasteiger partial charge in [-0.05, 0) is 61.3 Å². The topological polar surface area (TPSA) is 112 Å². The summed E-state index contributed by atoms with van der Waals surface area (Å²) in [6.45, 7) is 2.43. The lowest BCUT2D eigenvalue weighted by molar-refractivity contribution is 0.248. The summed E-state index contributed by atoms with van der Waals surface area (Å²) in [7, 11) is -3.47. The van der Waals surface area contributed by atoms with Gasteiger partial charge in [-0.25, -0.2) is 18.8 Å². The number of hydrogen-bond acceptors (Lipinski definition) is 4. The number of fused-ring (bicyclic) bond motifs is 3. The molecule has 148 valence electrons. The zero-order valence-electron chi connectivity index (χ0n) is 15.3. The van der Waals surface area contributed by atoms with Crippen LogP contribution in [0.4, 0.5) is 10.5 Å². The van der Waals surface area contributed by atoms with E-state index >= 15 is 0 Å². The van der Waals surface area contributed by atoms with Crippen LogP contribution in [0.2, 0.25) is 0 Å². The van der Waals surface area contributed by atoms with E-state index in [0.29, 0.717) is 12.4 Å². The molecular formula is C18H20BrN5O3S. The number of carbonyl (C=O) groups is 1. The zero-order valence-corrected chi connectivity index (χ0v) is 17.7. The van der Waals surface area contributed by atoms with Crippen molar-refractivity contribution in [3.05, 3.63) is 32.9 Å². The van der Waals surface area contributed by atoms with Crippen LogP contribution in [0.15, 0.2) is 19.9 Å². The quantitative estimate of drug-likeness (QED) is 0.709. The molecule has 2 aromatic rings.